The van der Waals surface area contributed by atoms with Crippen LogP contribution in [0.5, 0.6) is 0 Å². The lowest BCUT2D eigenvalue weighted by Crippen LogP contribution is -2.53. The summed E-state index contributed by atoms with van der Waals surface area (Å²) in [6.45, 7) is 5.31. The molecule has 2 unspecified atom stereocenters. The van der Waals surface area contributed by atoms with E-state index in [4.69, 9.17) is 10.8 Å². The third-order valence-corrected chi connectivity index (χ3v) is 8.26. The topological polar surface area (TPSA) is 142 Å². The van der Waals surface area contributed by atoms with Crippen molar-refractivity contribution in [1.82, 2.24) is 15.2 Å². The van der Waals surface area contributed by atoms with Crippen molar-refractivity contribution in [2.45, 2.75) is 45.4 Å². The van der Waals surface area contributed by atoms with Crippen LogP contribution in [-0.2, 0) is 9.59 Å². The fraction of sp³-hybridized carbons (Fsp3) is 0.375. The summed E-state index contributed by atoms with van der Waals surface area (Å²) < 4.78 is -0.165. The average Bonchev–Trinajstić information content (AvgIpc) is 3.82. The molecule has 3 amide bonds. The molecule has 1 aromatic heterocycles. The summed E-state index contributed by atoms with van der Waals surface area (Å²) in [5, 5.41) is 5.62. The molecule has 222 valence electrons. The Morgan fingerprint density at radius 1 is 1.09 bits per heavy atom. The molecular weight excluding hydrogens is 544 g/mol. The lowest BCUT2D eigenvalue weighted by Gasteiger charge is -2.32. The molecule has 2 fully saturated rings. The monoisotopic (exact) mass is 581 g/mol. The highest BCUT2D eigenvalue weighted by molar-refractivity contribution is 6.35. The van der Waals surface area contributed by atoms with Gasteiger partial charge in [0.2, 0.25) is 5.70 Å². The van der Waals surface area contributed by atoms with Crippen molar-refractivity contribution in [2.24, 2.45) is 27.7 Å². The molecule has 0 bridgehead atoms. The summed E-state index contributed by atoms with van der Waals surface area (Å²) >= 11 is 0. The van der Waals surface area contributed by atoms with Crippen LogP contribution in [0, 0.1) is 11.8 Å². The fourth-order valence-corrected chi connectivity index (χ4v) is 5.75. The Morgan fingerprint density at radius 3 is 2.63 bits per heavy atom. The number of carbonyl (C=O) groups is 3. The Kier molecular flexibility index (Phi) is 7.76. The molecule has 1 aromatic carbocycles. The molecule has 4 aliphatic rings. The van der Waals surface area contributed by atoms with Crippen molar-refractivity contribution in [3.63, 3.8) is 0 Å². The number of rotatable bonds is 7. The summed E-state index contributed by atoms with van der Waals surface area (Å²) in [4.78, 5) is 53.6. The maximum absolute atomic E-state index is 13.0. The number of hydrogen-bond donors (Lipinski definition) is 3. The van der Waals surface area contributed by atoms with Gasteiger partial charge in [-0.2, -0.15) is 10.8 Å². The van der Waals surface area contributed by atoms with E-state index in [1.165, 1.54) is 18.4 Å². The van der Waals surface area contributed by atoms with Crippen molar-refractivity contribution < 1.29 is 19.0 Å². The number of benzene rings is 1. The van der Waals surface area contributed by atoms with E-state index >= 15 is 0 Å². The number of aromatic nitrogens is 1. The molecule has 4 heterocycles. The average molecular weight is 582 g/mol. The van der Waals surface area contributed by atoms with Gasteiger partial charge in [0.25, 0.3) is 11.7 Å². The minimum absolute atomic E-state index is 0.106. The van der Waals surface area contributed by atoms with Crippen LogP contribution in [0.2, 0.25) is 0 Å². The van der Waals surface area contributed by atoms with E-state index in [1.54, 1.807) is 41.8 Å². The van der Waals surface area contributed by atoms with Gasteiger partial charge in [0.1, 0.15) is 17.7 Å². The predicted octanol–water partition coefficient (Wildman–Crippen LogP) is 3.44. The molecular formula is C32H37N8O3+. The Labute approximate surface area is 250 Å². The normalized spacial score (nSPS) is 22.8. The van der Waals surface area contributed by atoms with E-state index < -0.39 is 11.8 Å². The van der Waals surface area contributed by atoms with E-state index in [2.05, 4.69) is 20.6 Å². The SMILES string of the molecule is CC(C)CNC(=O)C(=O)N1CCCC(C2=C3C=NC=C[N+]3(N)C(c3ccc(C(=O)Nc4cc(C5CC5)ccn4)cc3)=N2)C1. The summed E-state index contributed by atoms with van der Waals surface area (Å²) in [6.07, 6.45) is 10.8. The second kappa shape index (κ2) is 11.7. The summed E-state index contributed by atoms with van der Waals surface area (Å²) in [7, 11) is 0. The highest BCUT2D eigenvalue weighted by atomic mass is 16.2. The smallest absolute Gasteiger partial charge is 0.311 e. The van der Waals surface area contributed by atoms with Gasteiger partial charge in [-0.25, -0.2) is 4.98 Å². The predicted molar refractivity (Wildman–Crippen MR) is 163 cm³/mol. The van der Waals surface area contributed by atoms with Gasteiger partial charge in [0.05, 0.1) is 18.0 Å². The van der Waals surface area contributed by atoms with E-state index in [1.807, 2.05) is 38.1 Å². The molecule has 11 heteroatoms. The molecule has 2 atom stereocenters. The van der Waals surface area contributed by atoms with Crippen molar-refractivity contribution in [3.05, 3.63) is 83.1 Å². The fourth-order valence-electron chi connectivity index (χ4n) is 5.75. The van der Waals surface area contributed by atoms with Crippen molar-refractivity contribution >= 4 is 35.6 Å². The zero-order valence-corrected chi connectivity index (χ0v) is 24.5. The molecule has 2 aromatic rings. The first-order valence-corrected chi connectivity index (χ1v) is 14.9. The third kappa shape index (κ3) is 5.91. The zero-order chi connectivity index (χ0) is 30.1. The van der Waals surface area contributed by atoms with Crippen LogP contribution in [0.3, 0.4) is 0 Å². The molecule has 3 aliphatic heterocycles. The van der Waals surface area contributed by atoms with Crippen LogP contribution >= 0.6 is 0 Å². The first-order valence-electron chi connectivity index (χ1n) is 14.9. The highest BCUT2D eigenvalue weighted by Crippen LogP contribution is 2.40. The van der Waals surface area contributed by atoms with Gasteiger partial charge in [-0.05, 0) is 79.5 Å². The van der Waals surface area contributed by atoms with Gasteiger partial charge in [0, 0.05) is 37.3 Å². The van der Waals surface area contributed by atoms with E-state index in [0.29, 0.717) is 42.8 Å². The first kappa shape index (κ1) is 28.6. The second-order valence-corrected chi connectivity index (χ2v) is 12.0. The summed E-state index contributed by atoms with van der Waals surface area (Å²) in [5.74, 6) is 7.44. The van der Waals surface area contributed by atoms with E-state index in [0.717, 1.165) is 29.8 Å². The molecule has 1 saturated carbocycles. The van der Waals surface area contributed by atoms with E-state index in [-0.39, 0.29) is 22.3 Å². The zero-order valence-electron chi connectivity index (χ0n) is 24.5. The largest absolute Gasteiger partial charge is 0.348 e. The number of carbonyl (C=O) groups excluding carboxylic acids is 3. The Balaban J connectivity index is 1.20. The number of likely N-dealkylation sites (tertiary alicyclic amines) is 1. The Hall–Kier alpha value is -4.48. The quantitative estimate of drug-likeness (QED) is 0.261. The van der Waals surface area contributed by atoms with Crippen molar-refractivity contribution in [3.8, 4) is 0 Å². The number of allylic oxidation sites excluding steroid dienone is 1. The number of nitrogens with two attached hydrogens (primary N) is 1. The second-order valence-electron chi connectivity index (χ2n) is 12.0. The van der Waals surface area contributed by atoms with Crippen LogP contribution in [0.1, 0.15) is 66.9 Å². The van der Waals surface area contributed by atoms with Gasteiger partial charge in [-0.15, -0.1) is 4.59 Å². The third-order valence-electron chi connectivity index (χ3n) is 8.26. The molecule has 6 rings (SSSR count). The lowest BCUT2D eigenvalue weighted by molar-refractivity contribution is -0.750. The summed E-state index contributed by atoms with van der Waals surface area (Å²) in [6, 6.07) is 11.1. The maximum atomic E-state index is 13.0. The van der Waals surface area contributed by atoms with Crippen molar-refractivity contribution in [1.29, 1.82) is 0 Å². The van der Waals surface area contributed by atoms with Crippen molar-refractivity contribution in [2.75, 3.05) is 25.0 Å². The van der Waals surface area contributed by atoms with Crippen LogP contribution in [0.25, 0.3) is 0 Å². The highest BCUT2D eigenvalue weighted by Gasteiger charge is 2.46. The number of fused-ring (bicyclic) bond motifs is 1. The number of anilines is 1. The molecule has 0 spiro atoms. The Morgan fingerprint density at radius 2 is 1.88 bits per heavy atom. The maximum Gasteiger partial charge on any atom is 0.311 e. The molecule has 11 nitrogen and oxygen atoms in total. The van der Waals surface area contributed by atoms with Gasteiger partial charge in [-0.3, -0.25) is 19.4 Å². The summed E-state index contributed by atoms with van der Waals surface area (Å²) in [5.41, 5.74) is 3.94. The minimum atomic E-state index is -0.579. The van der Waals surface area contributed by atoms with Crippen LogP contribution < -0.4 is 16.5 Å². The van der Waals surface area contributed by atoms with Crippen LogP contribution in [0.4, 0.5) is 5.82 Å². The van der Waals surface area contributed by atoms with Gasteiger partial charge >= 0.3 is 11.8 Å². The molecule has 1 aliphatic carbocycles. The number of amides is 3. The van der Waals surface area contributed by atoms with Crippen LogP contribution in [0.15, 0.2) is 76.4 Å². The molecule has 1 saturated heterocycles. The van der Waals surface area contributed by atoms with E-state index in [9.17, 15) is 14.4 Å². The number of nitrogens with zero attached hydrogens (tertiary/aromatic N) is 5. The van der Waals surface area contributed by atoms with Crippen LogP contribution in [-0.4, -0.2) is 63.9 Å². The first-order chi connectivity index (χ1) is 20.7. The van der Waals surface area contributed by atoms with Gasteiger partial charge in [0.15, 0.2) is 0 Å². The lowest BCUT2D eigenvalue weighted by atomic mass is 9.93. The number of quaternary nitrogens is 1. The number of pyridine rings is 1. The molecule has 4 N–H and O–H groups in total. The minimum Gasteiger partial charge on any atom is -0.348 e. The standard InChI is InChI=1S/C32H36N8O3/c1-20(2)17-36-31(42)32(43)39-14-3-4-25(19-39)28-26-18-34-13-15-40(26,33)29(38-28)22-7-9-23(10-8-22)30(41)37-27-16-24(11-12-35-27)21-5-6-21/h7-13,15-16,18,20-21,25H,3-6,14,17,19,33H2,1-2H3,(H-,35,36,37,41,42)/p+1. The number of piperidine rings is 1. The number of amidine groups is 1. The molecule has 0 radical (unpaired) electrons. The van der Waals surface area contributed by atoms with Gasteiger partial charge in [-0.1, -0.05) is 13.8 Å². The molecule has 43 heavy (non-hydrogen) atoms. The van der Waals surface area contributed by atoms with Gasteiger partial charge < -0.3 is 15.5 Å². The number of nitrogens with one attached hydrogen (secondary N) is 2. The Bertz CT molecular complexity index is 1570. The number of hydrogen-bond acceptors (Lipinski definition) is 7. The number of aliphatic imine (C=N–C) groups is 2.